The lowest BCUT2D eigenvalue weighted by Gasteiger charge is -2.18. The molecule has 23 heavy (non-hydrogen) atoms. The van der Waals surface area contributed by atoms with Crippen molar-refractivity contribution < 1.29 is 14.0 Å². The monoisotopic (exact) mass is 359 g/mol. The first-order chi connectivity index (χ1) is 10.7. The quantitative estimate of drug-likeness (QED) is 0.902. The van der Waals surface area contributed by atoms with E-state index in [9.17, 15) is 0 Å². The highest BCUT2D eigenvalue weighted by molar-refractivity contribution is 6.32. The minimum absolute atomic E-state index is 0. The predicted molar refractivity (Wildman–Crippen MR) is 89.9 cm³/mol. The second kappa shape index (κ2) is 7.86. The number of methoxy groups -OCH3 is 2. The van der Waals surface area contributed by atoms with Gasteiger partial charge >= 0.3 is 0 Å². The molecule has 2 heterocycles. The van der Waals surface area contributed by atoms with E-state index in [1.165, 1.54) is 0 Å². The maximum absolute atomic E-state index is 6.22. The van der Waals surface area contributed by atoms with E-state index in [2.05, 4.69) is 15.5 Å². The summed E-state index contributed by atoms with van der Waals surface area (Å²) in [4.78, 5) is 4.52. The van der Waals surface area contributed by atoms with Crippen molar-refractivity contribution >= 4 is 24.0 Å². The fraction of sp³-hybridized carbons (Fsp3) is 0.467. The van der Waals surface area contributed by atoms with Gasteiger partial charge in [0.1, 0.15) is 0 Å². The first-order valence-corrected chi connectivity index (χ1v) is 7.57. The second-order valence-electron chi connectivity index (χ2n) is 5.17. The van der Waals surface area contributed by atoms with Gasteiger partial charge in [-0.2, -0.15) is 4.98 Å². The van der Waals surface area contributed by atoms with Crippen LogP contribution < -0.4 is 14.8 Å². The minimum Gasteiger partial charge on any atom is -0.493 e. The van der Waals surface area contributed by atoms with Gasteiger partial charge in [-0.3, -0.25) is 0 Å². The molecule has 0 radical (unpaired) electrons. The molecule has 6 nitrogen and oxygen atoms in total. The second-order valence-corrected chi connectivity index (χ2v) is 5.58. The van der Waals surface area contributed by atoms with Gasteiger partial charge in [0, 0.05) is 11.5 Å². The molecule has 0 aliphatic carbocycles. The predicted octanol–water partition coefficient (Wildman–Crippen LogP) is 3.30. The molecule has 0 bridgehead atoms. The highest BCUT2D eigenvalue weighted by Gasteiger charge is 2.22. The van der Waals surface area contributed by atoms with Crippen LogP contribution >= 0.6 is 24.0 Å². The number of nitrogens with zero attached hydrogens (tertiary/aromatic N) is 2. The lowest BCUT2D eigenvalue weighted by atomic mass is 9.98. The van der Waals surface area contributed by atoms with Gasteiger partial charge in [0.15, 0.2) is 11.5 Å². The van der Waals surface area contributed by atoms with E-state index >= 15 is 0 Å². The van der Waals surface area contributed by atoms with Crippen molar-refractivity contribution in [2.75, 3.05) is 27.3 Å². The molecule has 1 aromatic heterocycles. The number of ether oxygens (including phenoxy) is 2. The summed E-state index contributed by atoms with van der Waals surface area (Å²) in [7, 11) is 3.11. The number of nitrogens with one attached hydrogen (secondary N) is 1. The number of rotatable bonds is 4. The normalized spacial score (nSPS) is 15.1. The van der Waals surface area contributed by atoms with Crippen LogP contribution in [0.5, 0.6) is 11.5 Å². The molecule has 1 aliphatic heterocycles. The summed E-state index contributed by atoms with van der Waals surface area (Å²) < 4.78 is 16.0. The van der Waals surface area contributed by atoms with Crippen LogP contribution in [0.3, 0.4) is 0 Å². The fourth-order valence-electron chi connectivity index (χ4n) is 2.63. The third-order valence-corrected chi connectivity index (χ3v) is 4.10. The van der Waals surface area contributed by atoms with E-state index in [4.69, 9.17) is 25.6 Å². The average Bonchev–Trinajstić information content (AvgIpc) is 3.05. The lowest BCUT2D eigenvalue weighted by molar-refractivity contribution is 0.320. The number of hydrogen-bond donors (Lipinski definition) is 1. The minimum atomic E-state index is 0. The zero-order chi connectivity index (χ0) is 15.5. The van der Waals surface area contributed by atoms with E-state index < -0.39 is 0 Å². The van der Waals surface area contributed by atoms with E-state index in [1.54, 1.807) is 26.4 Å². The fourth-order valence-corrected chi connectivity index (χ4v) is 2.92. The summed E-state index contributed by atoms with van der Waals surface area (Å²) >= 11 is 6.22. The zero-order valence-electron chi connectivity index (χ0n) is 13.0. The molecule has 0 amide bonds. The standard InChI is InChI=1S/C15H18ClN3O3.ClH/c1-20-12-8-10(7-11(16)13(12)21-2)14-18-15(22-19-14)9-3-5-17-6-4-9;/h7-9,17H,3-6H2,1-2H3;1H. The number of benzene rings is 1. The Labute approximate surface area is 145 Å². The Kier molecular flexibility index (Phi) is 6.10. The Morgan fingerprint density at radius 3 is 2.61 bits per heavy atom. The van der Waals surface area contributed by atoms with Crippen molar-refractivity contribution in [3.05, 3.63) is 23.0 Å². The molecular weight excluding hydrogens is 341 g/mol. The Balaban J connectivity index is 0.00000192. The van der Waals surface area contributed by atoms with Crippen LogP contribution in [0.2, 0.25) is 5.02 Å². The third-order valence-electron chi connectivity index (χ3n) is 3.82. The smallest absolute Gasteiger partial charge is 0.230 e. The molecule has 8 heteroatoms. The molecular formula is C15H19Cl2N3O3. The molecule has 0 spiro atoms. The summed E-state index contributed by atoms with van der Waals surface area (Å²) in [6, 6.07) is 3.54. The Morgan fingerprint density at radius 1 is 1.22 bits per heavy atom. The molecule has 1 aromatic carbocycles. The van der Waals surface area contributed by atoms with Crippen LogP contribution in [0.4, 0.5) is 0 Å². The number of piperidine rings is 1. The van der Waals surface area contributed by atoms with Crippen LogP contribution in [0.25, 0.3) is 11.4 Å². The molecule has 1 fully saturated rings. The van der Waals surface area contributed by atoms with E-state index in [0.717, 1.165) is 31.5 Å². The zero-order valence-corrected chi connectivity index (χ0v) is 14.5. The van der Waals surface area contributed by atoms with Gasteiger partial charge in [-0.25, -0.2) is 0 Å². The van der Waals surface area contributed by atoms with Gasteiger partial charge in [-0.05, 0) is 38.1 Å². The van der Waals surface area contributed by atoms with Crippen molar-refractivity contribution in [1.29, 1.82) is 0 Å². The van der Waals surface area contributed by atoms with Crippen LogP contribution in [0.1, 0.15) is 24.7 Å². The molecule has 126 valence electrons. The lowest BCUT2D eigenvalue weighted by Crippen LogP contribution is -2.26. The molecule has 1 N–H and O–H groups in total. The average molecular weight is 360 g/mol. The van der Waals surface area contributed by atoms with Crippen LogP contribution in [0.15, 0.2) is 16.7 Å². The molecule has 1 saturated heterocycles. The van der Waals surface area contributed by atoms with Crippen LogP contribution in [-0.2, 0) is 0 Å². The molecule has 0 saturated carbocycles. The molecule has 0 unspecified atom stereocenters. The van der Waals surface area contributed by atoms with E-state index in [0.29, 0.717) is 34.2 Å². The van der Waals surface area contributed by atoms with Gasteiger partial charge < -0.3 is 19.3 Å². The summed E-state index contributed by atoms with van der Waals surface area (Å²) in [6.45, 7) is 1.95. The summed E-state index contributed by atoms with van der Waals surface area (Å²) in [5.41, 5.74) is 0.742. The van der Waals surface area contributed by atoms with Gasteiger partial charge in [-0.1, -0.05) is 16.8 Å². The number of hydrogen-bond acceptors (Lipinski definition) is 6. The van der Waals surface area contributed by atoms with Crippen molar-refractivity contribution in [2.24, 2.45) is 0 Å². The molecule has 3 rings (SSSR count). The largest absolute Gasteiger partial charge is 0.493 e. The van der Waals surface area contributed by atoms with Gasteiger partial charge in [0.2, 0.25) is 11.7 Å². The highest BCUT2D eigenvalue weighted by atomic mass is 35.5. The number of halogens is 2. The summed E-state index contributed by atoms with van der Waals surface area (Å²) in [5, 5.41) is 7.84. The van der Waals surface area contributed by atoms with Gasteiger partial charge in [0.05, 0.1) is 19.2 Å². The maximum Gasteiger partial charge on any atom is 0.230 e. The maximum atomic E-state index is 6.22. The van der Waals surface area contributed by atoms with Crippen molar-refractivity contribution in [3.8, 4) is 22.9 Å². The number of aromatic nitrogens is 2. The Morgan fingerprint density at radius 2 is 1.96 bits per heavy atom. The van der Waals surface area contributed by atoms with E-state index in [-0.39, 0.29) is 12.4 Å². The van der Waals surface area contributed by atoms with Crippen LogP contribution in [0, 0.1) is 0 Å². The van der Waals surface area contributed by atoms with Gasteiger partial charge in [0.25, 0.3) is 0 Å². The Hall–Kier alpha value is -1.50. The molecule has 2 aromatic rings. The van der Waals surface area contributed by atoms with E-state index in [1.807, 2.05) is 0 Å². The summed E-state index contributed by atoms with van der Waals surface area (Å²) in [6.07, 6.45) is 2.02. The highest BCUT2D eigenvalue weighted by Crippen LogP contribution is 2.38. The Bertz CT molecular complexity index is 657. The SMILES string of the molecule is COc1cc(-c2noc(C3CCNCC3)n2)cc(Cl)c1OC.Cl. The van der Waals surface area contributed by atoms with Crippen molar-refractivity contribution in [1.82, 2.24) is 15.5 Å². The molecule has 0 atom stereocenters. The van der Waals surface area contributed by atoms with Crippen molar-refractivity contribution in [3.63, 3.8) is 0 Å². The third kappa shape index (κ3) is 3.71. The summed E-state index contributed by atoms with van der Waals surface area (Å²) in [5.74, 6) is 2.55. The topological polar surface area (TPSA) is 69.4 Å². The molecule has 1 aliphatic rings. The first-order valence-electron chi connectivity index (χ1n) is 7.19. The van der Waals surface area contributed by atoms with Gasteiger partial charge in [-0.15, -0.1) is 12.4 Å². The first kappa shape index (κ1) is 17.8. The van der Waals surface area contributed by atoms with Crippen LogP contribution in [-0.4, -0.2) is 37.4 Å². The van der Waals surface area contributed by atoms with Crippen molar-refractivity contribution in [2.45, 2.75) is 18.8 Å².